The van der Waals surface area contributed by atoms with Crippen LogP contribution in [0.4, 0.5) is 0 Å². The van der Waals surface area contributed by atoms with Gasteiger partial charge in [-0.3, -0.25) is 14.6 Å². The van der Waals surface area contributed by atoms with Crippen LogP contribution in [0.1, 0.15) is 28.8 Å². The van der Waals surface area contributed by atoms with E-state index in [0.717, 1.165) is 18.4 Å². The molecular weight excluding hydrogens is 322 g/mol. The summed E-state index contributed by atoms with van der Waals surface area (Å²) < 4.78 is 0. The minimum absolute atomic E-state index is 0.0279. The SMILES string of the molecule is O=C(NC1CCN(C(=O)/C=C\c2ccsc2)CC1)c1ccncc1. The summed E-state index contributed by atoms with van der Waals surface area (Å²) in [5.41, 5.74) is 1.66. The van der Waals surface area contributed by atoms with Crippen LogP contribution < -0.4 is 5.32 Å². The average molecular weight is 341 g/mol. The molecule has 0 aromatic carbocycles. The molecule has 0 atom stereocenters. The van der Waals surface area contributed by atoms with Crippen molar-refractivity contribution in [3.63, 3.8) is 0 Å². The van der Waals surface area contributed by atoms with Gasteiger partial charge in [0.2, 0.25) is 5.91 Å². The third kappa shape index (κ3) is 4.29. The molecule has 0 bridgehead atoms. The number of nitrogens with zero attached hydrogens (tertiary/aromatic N) is 2. The summed E-state index contributed by atoms with van der Waals surface area (Å²) in [4.78, 5) is 30.1. The number of hydrogen-bond donors (Lipinski definition) is 1. The Morgan fingerprint density at radius 2 is 1.96 bits per heavy atom. The average Bonchev–Trinajstić information content (AvgIpc) is 3.14. The molecule has 0 aliphatic carbocycles. The van der Waals surface area contributed by atoms with Gasteiger partial charge in [-0.25, -0.2) is 0 Å². The van der Waals surface area contributed by atoms with Crippen LogP contribution in [-0.4, -0.2) is 40.8 Å². The van der Waals surface area contributed by atoms with Gasteiger partial charge in [-0.1, -0.05) is 0 Å². The van der Waals surface area contributed by atoms with Gasteiger partial charge in [-0.05, 0) is 53.4 Å². The van der Waals surface area contributed by atoms with Gasteiger partial charge >= 0.3 is 0 Å². The lowest BCUT2D eigenvalue weighted by atomic mass is 10.0. The predicted octanol–water partition coefficient (Wildman–Crippen LogP) is 2.58. The van der Waals surface area contributed by atoms with Crippen LogP contribution in [-0.2, 0) is 4.79 Å². The zero-order valence-electron chi connectivity index (χ0n) is 13.2. The number of rotatable bonds is 4. The van der Waals surface area contributed by atoms with E-state index in [0.29, 0.717) is 18.7 Å². The van der Waals surface area contributed by atoms with Crippen molar-refractivity contribution in [3.8, 4) is 0 Å². The molecule has 1 saturated heterocycles. The van der Waals surface area contributed by atoms with Crippen LogP contribution in [0.15, 0.2) is 47.4 Å². The molecule has 1 fully saturated rings. The molecular formula is C18H19N3O2S. The first kappa shape index (κ1) is 16.4. The van der Waals surface area contributed by atoms with Crippen molar-refractivity contribution in [2.75, 3.05) is 13.1 Å². The van der Waals surface area contributed by atoms with Crippen LogP contribution in [0.5, 0.6) is 0 Å². The first-order chi connectivity index (χ1) is 11.7. The van der Waals surface area contributed by atoms with E-state index < -0.39 is 0 Å². The quantitative estimate of drug-likeness (QED) is 0.870. The number of piperidine rings is 1. The van der Waals surface area contributed by atoms with Crippen LogP contribution in [0, 0.1) is 0 Å². The lowest BCUT2D eigenvalue weighted by molar-refractivity contribution is -0.126. The molecule has 0 radical (unpaired) electrons. The first-order valence-electron chi connectivity index (χ1n) is 7.92. The summed E-state index contributed by atoms with van der Waals surface area (Å²) in [5.74, 6) is -0.0559. The topological polar surface area (TPSA) is 62.3 Å². The van der Waals surface area contributed by atoms with E-state index in [1.165, 1.54) is 0 Å². The molecule has 6 heteroatoms. The fraction of sp³-hybridized carbons (Fsp3) is 0.278. The molecule has 0 unspecified atom stereocenters. The van der Waals surface area contributed by atoms with Crippen LogP contribution in [0.2, 0.25) is 0 Å². The Morgan fingerprint density at radius 1 is 1.21 bits per heavy atom. The van der Waals surface area contributed by atoms with Gasteiger partial charge in [0.1, 0.15) is 0 Å². The Morgan fingerprint density at radius 3 is 2.62 bits per heavy atom. The number of likely N-dealkylation sites (tertiary alicyclic amines) is 1. The molecule has 1 aliphatic heterocycles. The highest BCUT2D eigenvalue weighted by atomic mass is 32.1. The Hall–Kier alpha value is -2.47. The van der Waals surface area contributed by atoms with Crippen LogP contribution in [0.3, 0.4) is 0 Å². The molecule has 2 amide bonds. The fourth-order valence-corrected chi connectivity index (χ4v) is 3.29. The van der Waals surface area contributed by atoms with Gasteiger partial charge in [-0.2, -0.15) is 11.3 Å². The van der Waals surface area contributed by atoms with Gasteiger partial charge < -0.3 is 10.2 Å². The number of nitrogens with one attached hydrogen (secondary N) is 1. The van der Waals surface area contributed by atoms with Gasteiger partial charge in [0.25, 0.3) is 5.91 Å². The first-order valence-corrected chi connectivity index (χ1v) is 8.87. The minimum Gasteiger partial charge on any atom is -0.349 e. The largest absolute Gasteiger partial charge is 0.349 e. The second kappa shape index (κ2) is 7.88. The number of hydrogen-bond acceptors (Lipinski definition) is 4. The molecule has 2 aromatic heterocycles. The summed E-state index contributed by atoms with van der Waals surface area (Å²) in [6.45, 7) is 1.32. The maximum atomic E-state index is 12.2. The highest BCUT2D eigenvalue weighted by molar-refractivity contribution is 7.08. The van der Waals surface area contributed by atoms with Crippen molar-refractivity contribution in [1.29, 1.82) is 0 Å². The monoisotopic (exact) mass is 341 g/mol. The molecule has 3 rings (SSSR count). The molecule has 0 saturated carbocycles. The van der Waals surface area contributed by atoms with Gasteiger partial charge in [0, 0.05) is 43.2 Å². The number of carbonyl (C=O) groups is 2. The van der Waals surface area contributed by atoms with Crippen molar-refractivity contribution in [1.82, 2.24) is 15.2 Å². The van der Waals surface area contributed by atoms with Crippen LogP contribution >= 0.6 is 11.3 Å². The Balaban J connectivity index is 1.47. The highest BCUT2D eigenvalue weighted by Gasteiger charge is 2.23. The minimum atomic E-state index is -0.0838. The van der Waals surface area contributed by atoms with E-state index in [9.17, 15) is 9.59 Å². The number of thiophene rings is 1. The Bertz CT molecular complexity index is 705. The molecule has 5 nitrogen and oxygen atoms in total. The third-order valence-electron chi connectivity index (χ3n) is 4.05. The summed E-state index contributed by atoms with van der Waals surface area (Å²) >= 11 is 1.61. The van der Waals surface area contributed by atoms with Gasteiger partial charge in [0.05, 0.1) is 0 Å². The van der Waals surface area contributed by atoms with Crippen molar-refractivity contribution in [2.24, 2.45) is 0 Å². The summed E-state index contributed by atoms with van der Waals surface area (Å²) in [7, 11) is 0. The number of pyridine rings is 1. The zero-order chi connectivity index (χ0) is 16.8. The molecule has 1 N–H and O–H groups in total. The third-order valence-corrected chi connectivity index (χ3v) is 4.75. The maximum Gasteiger partial charge on any atom is 0.251 e. The van der Waals surface area contributed by atoms with E-state index in [1.807, 2.05) is 27.8 Å². The predicted molar refractivity (Wildman–Crippen MR) is 94.7 cm³/mol. The van der Waals surface area contributed by atoms with Gasteiger partial charge in [0.15, 0.2) is 0 Å². The molecule has 3 heterocycles. The van der Waals surface area contributed by atoms with E-state index in [1.54, 1.807) is 41.9 Å². The maximum absolute atomic E-state index is 12.2. The molecule has 24 heavy (non-hydrogen) atoms. The zero-order valence-corrected chi connectivity index (χ0v) is 14.0. The van der Waals surface area contributed by atoms with E-state index in [4.69, 9.17) is 0 Å². The molecule has 124 valence electrons. The summed E-state index contributed by atoms with van der Waals surface area (Å²) in [6.07, 6.45) is 8.23. The normalized spacial score (nSPS) is 15.6. The smallest absolute Gasteiger partial charge is 0.251 e. The van der Waals surface area contributed by atoms with Crippen LogP contribution in [0.25, 0.3) is 6.08 Å². The number of amides is 2. The Labute approximate surface area is 145 Å². The number of carbonyl (C=O) groups excluding carboxylic acids is 2. The van der Waals surface area contributed by atoms with E-state index in [-0.39, 0.29) is 17.9 Å². The van der Waals surface area contributed by atoms with E-state index >= 15 is 0 Å². The number of aromatic nitrogens is 1. The fourth-order valence-electron chi connectivity index (χ4n) is 2.66. The van der Waals surface area contributed by atoms with Crippen molar-refractivity contribution < 1.29 is 9.59 Å². The van der Waals surface area contributed by atoms with Crippen molar-refractivity contribution >= 4 is 29.2 Å². The standard InChI is InChI=1S/C18H19N3O2S/c22-17(2-1-14-7-12-24-13-14)21-10-5-16(6-11-21)20-18(23)15-3-8-19-9-4-15/h1-4,7-9,12-13,16H,5-6,10-11H2,(H,20,23)/b2-1-. The lowest BCUT2D eigenvalue weighted by Crippen LogP contribution is -2.46. The summed E-state index contributed by atoms with van der Waals surface area (Å²) in [6, 6.07) is 5.48. The summed E-state index contributed by atoms with van der Waals surface area (Å²) in [5, 5.41) is 7.02. The lowest BCUT2D eigenvalue weighted by Gasteiger charge is -2.31. The molecule has 2 aromatic rings. The van der Waals surface area contributed by atoms with Crippen molar-refractivity contribution in [3.05, 3.63) is 58.6 Å². The molecule has 0 spiro atoms. The van der Waals surface area contributed by atoms with Crippen molar-refractivity contribution in [2.45, 2.75) is 18.9 Å². The Kier molecular flexibility index (Phi) is 5.38. The highest BCUT2D eigenvalue weighted by Crippen LogP contribution is 2.13. The van der Waals surface area contributed by atoms with E-state index in [2.05, 4.69) is 10.3 Å². The molecule has 1 aliphatic rings. The second-order valence-electron chi connectivity index (χ2n) is 5.70. The van der Waals surface area contributed by atoms with Gasteiger partial charge in [-0.15, -0.1) is 0 Å². The second-order valence-corrected chi connectivity index (χ2v) is 6.48.